The second-order valence-electron chi connectivity index (χ2n) is 10.2. The lowest BCUT2D eigenvalue weighted by atomic mass is 9.84. The van der Waals surface area contributed by atoms with E-state index < -0.39 is 0 Å². The van der Waals surface area contributed by atoms with E-state index in [2.05, 4.69) is 92.1 Å². The van der Waals surface area contributed by atoms with Crippen LogP contribution in [-0.2, 0) is 11.2 Å². The number of aryl methyl sites for hydroxylation is 3. The number of fused-ring (bicyclic) bond motifs is 1. The number of aromatic nitrogens is 2. The molecular weight excluding hydrogens is 458 g/mol. The number of piperidine rings is 1. The van der Waals surface area contributed by atoms with Gasteiger partial charge in [-0.05, 0) is 62.4 Å². The van der Waals surface area contributed by atoms with Crippen LogP contribution in [0.5, 0.6) is 0 Å². The first-order valence-electron chi connectivity index (χ1n) is 13.5. The van der Waals surface area contributed by atoms with Crippen molar-refractivity contribution >= 4 is 17.1 Å². The molecule has 5 nitrogen and oxygen atoms in total. The zero-order valence-electron chi connectivity index (χ0n) is 22.4. The fourth-order valence-corrected chi connectivity index (χ4v) is 5.61. The Morgan fingerprint density at radius 1 is 0.892 bits per heavy atom. The molecule has 0 aliphatic carbocycles. The predicted molar refractivity (Wildman–Crippen MR) is 149 cm³/mol. The summed E-state index contributed by atoms with van der Waals surface area (Å²) in [7, 11) is 0. The summed E-state index contributed by atoms with van der Waals surface area (Å²) < 4.78 is 7.68. The molecule has 5 rings (SSSR count). The first-order valence-corrected chi connectivity index (χ1v) is 13.5. The molecule has 2 heterocycles. The number of nitrogens with zero attached hydrogens (tertiary/aromatic N) is 3. The van der Waals surface area contributed by atoms with Gasteiger partial charge in [0.2, 0.25) is 0 Å². The van der Waals surface area contributed by atoms with E-state index in [4.69, 9.17) is 9.72 Å². The van der Waals surface area contributed by atoms with Crippen molar-refractivity contribution in [2.24, 2.45) is 0 Å². The van der Waals surface area contributed by atoms with Gasteiger partial charge < -0.3 is 14.2 Å². The van der Waals surface area contributed by atoms with Crippen LogP contribution in [0.15, 0.2) is 66.7 Å². The third kappa shape index (κ3) is 5.13. The van der Waals surface area contributed by atoms with E-state index in [0.717, 1.165) is 30.6 Å². The predicted octanol–water partition coefficient (Wildman–Crippen LogP) is 7.19. The Balaban J connectivity index is 1.55. The number of likely N-dealkylation sites (tertiary alicyclic amines) is 1. The van der Waals surface area contributed by atoms with Gasteiger partial charge in [0.05, 0.1) is 17.6 Å². The van der Waals surface area contributed by atoms with Crippen LogP contribution < -0.4 is 0 Å². The minimum Gasteiger partial charge on any atom is -0.450 e. The topological polar surface area (TPSA) is 47.4 Å². The van der Waals surface area contributed by atoms with Crippen LogP contribution >= 0.6 is 0 Å². The van der Waals surface area contributed by atoms with Gasteiger partial charge in [-0.25, -0.2) is 9.78 Å². The second kappa shape index (κ2) is 10.8. The number of rotatable bonds is 6. The number of benzene rings is 3. The summed E-state index contributed by atoms with van der Waals surface area (Å²) in [6.45, 7) is 10.1. The van der Waals surface area contributed by atoms with Gasteiger partial charge in [-0.2, -0.15) is 0 Å². The first kappa shape index (κ1) is 25.1. The van der Waals surface area contributed by atoms with Crippen LogP contribution in [0.1, 0.15) is 72.3 Å². The normalized spacial score (nSPS) is 14.5. The summed E-state index contributed by atoms with van der Waals surface area (Å²) in [6.07, 6.45) is 2.48. The molecule has 1 fully saturated rings. The Hall–Kier alpha value is -3.60. The summed E-state index contributed by atoms with van der Waals surface area (Å²) in [6, 6.07) is 24.9. The largest absolute Gasteiger partial charge is 0.450 e. The molecule has 4 aromatic rings. The maximum absolute atomic E-state index is 12.2. The SMILES string of the molecule is CCOC(=O)N1CCC(n2c(CC)nc3ccc(C(c4ccc(C)cc4)c4ccc(C)cc4)cc32)CC1. The highest BCUT2D eigenvalue weighted by molar-refractivity contribution is 5.78. The molecule has 37 heavy (non-hydrogen) atoms. The standard InChI is InChI=1S/C32H37N3O2/c1-5-30-33-28-16-15-26(21-29(28)35(30)27-17-19-34(20-18-27)32(36)37-6-2)31(24-11-7-22(3)8-12-24)25-13-9-23(4)10-14-25/h7-16,21,27,31H,5-6,17-20H2,1-4H3. The smallest absolute Gasteiger partial charge is 0.409 e. The quantitative estimate of drug-likeness (QED) is 0.266. The number of amides is 1. The minimum atomic E-state index is -0.200. The van der Waals surface area contributed by atoms with Crippen LogP contribution in [0.25, 0.3) is 11.0 Å². The molecule has 1 aliphatic rings. The van der Waals surface area contributed by atoms with Gasteiger partial charge in [-0.1, -0.05) is 72.6 Å². The van der Waals surface area contributed by atoms with Crippen molar-refractivity contribution in [1.82, 2.24) is 14.5 Å². The first-order chi connectivity index (χ1) is 18.0. The van der Waals surface area contributed by atoms with Crippen LogP contribution in [0.3, 0.4) is 0 Å². The van der Waals surface area contributed by atoms with Gasteiger partial charge in [-0.3, -0.25) is 0 Å². The van der Waals surface area contributed by atoms with E-state index in [1.807, 2.05) is 11.8 Å². The number of hydrogen-bond acceptors (Lipinski definition) is 3. The highest BCUT2D eigenvalue weighted by atomic mass is 16.6. The maximum atomic E-state index is 12.2. The van der Waals surface area contributed by atoms with E-state index in [9.17, 15) is 4.79 Å². The highest BCUT2D eigenvalue weighted by Crippen LogP contribution is 2.36. The molecule has 0 atom stereocenters. The molecule has 0 radical (unpaired) electrons. The Labute approximate surface area is 220 Å². The van der Waals surface area contributed by atoms with E-state index in [1.165, 1.54) is 33.3 Å². The van der Waals surface area contributed by atoms with Gasteiger partial charge in [0, 0.05) is 31.5 Å². The van der Waals surface area contributed by atoms with E-state index >= 15 is 0 Å². The molecule has 1 saturated heterocycles. The molecule has 1 aliphatic heterocycles. The van der Waals surface area contributed by atoms with Gasteiger partial charge in [0.1, 0.15) is 5.82 Å². The van der Waals surface area contributed by atoms with E-state index in [-0.39, 0.29) is 12.0 Å². The monoisotopic (exact) mass is 495 g/mol. The minimum absolute atomic E-state index is 0.143. The molecule has 192 valence electrons. The molecule has 0 N–H and O–H groups in total. The lowest BCUT2D eigenvalue weighted by molar-refractivity contribution is 0.0928. The van der Waals surface area contributed by atoms with Crippen molar-refractivity contribution in [3.63, 3.8) is 0 Å². The van der Waals surface area contributed by atoms with Gasteiger partial charge in [-0.15, -0.1) is 0 Å². The van der Waals surface area contributed by atoms with Crippen LogP contribution in [0.4, 0.5) is 4.79 Å². The lowest BCUT2D eigenvalue weighted by Gasteiger charge is -2.33. The Kier molecular flexibility index (Phi) is 7.31. The third-order valence-corrected chi connectivity index (χ3v) is 7.61. The van der Waals surface area contributed by atoms with Crippen molar-refractivity contribution in [3.8, 4) is 0 Å². The van der Waals surface area contributed by atoms with Crippen molar-refractivity contribution < 1.29 is 9.53 Å². The van der Waals surface area contributed by atoms with Crippen LogP contribution in [0, 0.1) is 13.8 Å². The molecule has 5 heteroatoms. The zero-order valence-corrected chi connectivity index (χ0v) is 22.4. The third-order valence-electron chi connectivity index (χ3n) is 7.61. The van der Waals surface area contributed by atoms with Gasteiger partial charge in [0.15, 0.2) is 0 Å². The molecule has 3 aromatic carbocycles. The summed E-state index contributed by atoms with van der Waals surface area (Å²) >= 11 is 0. The number of ether oxygens (including phenoxy) is 1. The van der Waals surface area contributed by atoms with Crippen molar-refractivity contribution in [1.29, 1.82) is 0 Å². The molecule has 0 saturated carbocycles. The number of hydrogen-bond donors (Lipinski definition) is 0. The molecule has 0 spiro atoms. The molecular formula is C32H37N3O2. The molecule has 1 aromatic heterocycles. The van der Waals surface area contributed by atoms with Crippen LogP contribution in [0.2, 0.25) is 0 Å². The number of imidazole rings is 1. The molecule has 0 bridgehead atoms. The Morgan fingerprint density at radius 2 is 1.46 bits per heavy atom. The fraction of sp³-hybridized carbons (Fsp3) is 0.375. The van der Waals surface area contributed by atoms with Gasteiger partial charge in [0.25, 0.3) is 0 Å². The second-order valence-corrected chi connectivity index (χ2v) is 10.2. The molecule has 0 unspecified atom stereocenters. The number of carbonyl (C=O) groups is 1. The van der Waals surface area contributed by atoms with Crippen molar-refractivity contribution in [2.45, 2.75) is 58.9 Å². The van der Waals surface area contributed by atoms with Gasteiger partial charge >= 0.3 is 6.09 Å². The Morgan fingerprint density at radius 3 is 2.00 bits per heavy atom. The van der Waals surface area contributed by atoms with Crippen molar-refractivity contribution in [3.05, 3.63) is 100 Å². The van der Waals surface area contributed by atoms with Crippen molar-refractivity contribution in [2.75, 3.05) is 19.7 Å². The van der Waals surface area contributed by atoms with E-state index in [0.29, 0.717) is 25.7 Å². The summed E-state index contributed by atoms with van der Waals surface area (Å²) in [5.74, 6) is 1.26. The summed E-state index contributed by atoms with van der Waals surface area (Å²) in [5.41, 5.74) is 8.61. The maximum Gasteiger partial charge on any atom is 0.409 e. The number of carbonyl (C=O) groups excluding carboxylic acids is 1. The molecule has 1 amide bonds. The van der Waals surface area contributed by atoms with E-state index in [1.54, 1.807) is 0 Å². The average Bonchev–Trinajstić information content (AvgIpc) is 3.29. The fourth-order valence-electron chi connectivity index (χ4n) is 5.61. The summed E-state index contributed by atoms with van der Waals surface area (Å²) in [5, 5.41) is 0. The summed E-state index contributed by atoms with van der Waals surface area (Å²) in [4.78, 5) is 19.1. The zero-order chi connectivity index (χ0) is 25.9. The Bertz CT molecular complexity index is 1320. The van der Waals surface area contributed by atoms with Crippen LogP contribution in [-0.4, -0.2) is 40.2 Å². The lowest BCUT2D eigenvalue weighted by Crippen LogP contribution is -2.39. The average molecular weight is 496 g/mol. The highest BCUT2D eigenvalue weighted by Gasteiger charge is 2.28.